The van der Waals surface area contributed by atoms with Crippen molar-refractivity contribution in [3.8, 4) is 5.75 Å². The summed E-state index contributed by atoms with van der Waals surface area (Å²) in [5, 5.41) is 3.44. The molecule has 2 rings (SSSR count). The molecule has 0 fully saturated rings. The van der Waals surface area contributed by atoms with Gasteiger partial charge in [0.25, 0.3) is 0 Å². The third-order valence-corrected chi connectivity index (χ3v) is 7.00. The highest BCUT2D eigenvalue weighted by Gasteiger charge is 2.23. The fourth-order valence-electron chi connectivity index (χ4n) is 2.47. The maximum absolute atomic E-state index is 12.7. The zero-order valence-corrected chi connectivity index (χ0v) is 17.4. The molecule has 10 heteroatoms. The molecule has 27 heavy (non-hydrogen) atoms. The summed E-state index contributed by atoms with van der Waals surface area (Å²) in [6, 6.07) is 4.44. The highest BCUT2D eigenvalue weighted by atomic mass is 32.2. The number of methoxy groups -OCH3 is 1. The van der Waals surface area contributed by atoms with E-state index in [4.69, 9.17) is 4.74 Å². The Hall–Kier alpha value is -2.04. The summed E-state index contributed by atoms with van der Waals surface area (Å²) >= 11 is 1.29. The number of rotatable bonds is 9. The van der Waals surface area contributed by atoms with Gasteiger partial charge in [0.15, 0.2) is 5.16 Å². The van der Waals surface area contributed by atoms with Crippen LogP contribution >= 0.6 is 11.8 Å². The number of sulfonamides is 1. The molecule has 1 heterocycles. The lowest BCUT2D eigenvalue weighted by Gasteiger charge is -2.19. The fourth-order valence-corrected chi connectivity index (χ4v) is 4.68. The number of imidazole rings is 1. The topological polar surface area (TPSA) is 93.5 Å². The zero-order valence-electron chi connectivity index (χ0n) is 15.8. The lowest BCUT2D eigenvalue weighted by atomic mass is 10.3. The van der Waals surface area contributed by atoms with E-state index in [1.807, 2.05) is 11.6 Å². The summed E-state index contributed by atoms with van der Waals surface area (Å²) in [6.07, 6.45) is 3.45. The van der Waals surface area contributed by atoms with E-state index in [0.717, 1.165) is 5.16 Å². The van der Waals surface area contributed by atoms with Crippen LogP contribution in [0.4, 0.5) is 5.69 Å². The molecule has 8 nitrogen and oxygen atoms in total. The number of benzene rings is 1. The minimum atomic E-state index is -3.63. The molecule has 0 atom stereocenters. The van der Waals surface area contributed by atoms with Crippen molar-refractivity contribution in [2.45, 2.75) is 23.9 Å². The second kappa shape index (κ2) is 9.25. The molecule has 148 valence electrons. The largest absolute Gasteiger partial charge is 0.495 e. The van der Waals surface area contributed by atoms with Gasteiger partial charge in [0.2, 0.25) is 15.9 Å². The van der Waals surface area contributed by atoms with Gasteiger partial charge < -0.3 is 14.6 Å². The first-order valence-electron chi connectivity index (χ1n) is 8.41. The van der Waals surface area contributed by atoms with Crippen molar-refractivity contribution in [2.24, 2.45) is 7.05 Å². The number of ether oxygens (including phenoxy) is 1. The highest BCUT2D eigenvalue weighted by Crippen LogP contribution is 2.29. The smallest absolute Gasteiger partial charge is 0.243 e. The van der Waals surface area contributed by atoms with Crippen molar-refractivity contribution in [1.82, 2.24) is 13.9 Å². The Morgan fingerprint density at radius 2 is 2.04 bits per heavy atom. The second-order valence-corrected chi connectivity index (χ2v) is 8.49. The van der Waals surface area contributed by atoms with Crippen molar-refractivity contribution in [3.05, 3.63) is 30.6 Å². The number of carbonyl (C=O) groups excluding carboxylic acids is 1. The Labute approximate surface area is 164 Å². The summed E-state index contributed by atoms with van der Waals surface area (Å²) < 4.78 is 33.8. The normalized spacial score (nSPS) is 11.6. The number of thioether (sulfide) groups is 1. The number of anilines is 1. The Morgan fingerprint density at radius 3 is 2.59 bits per heavy atom. The van der Waals surface area contributed by atoms with Crippen LogP contribution in [0.15, 0.2) is 40.6 Å². The minimum absolute atomic E-state index is 0.110. The third kappa shape index (κ3) is 5.02. The van der Waals surface area contributed by atoms with Crippen LogP contribution in [0.5, 0.6) is 5.75 Å². The van der Waals surface area contributed by atoms with Crippen LogP contribution < -0.4 is 10.1 Å². The monoisotopic (exact) mass is 412 g/mol. The molecule has 1 amide bonds. The molecule has 1 N–H and O–H groups in total. The zero-order chi connectivity index (χ0) is 20.0. The number of carbonyl (C=O) groups is 1. The van der Waals surface area contributed by atoms with Gasteiger partial charge >= 0.3 is 0 Å². The summed E-state index contributed by atoms with van der Waals surface area (Å²) in [5.41, 5.74) is 0.316. The van der Waals surface area contributed by atoms with E-state index >= 15 is 0 Å². The van der Waals surface area contributed by atoms with E-state index in [9.17, 15) is 13.2 Å². The standard InChI is InChI=1S/C17H24N4O4S2/c1-5-21(6-2)27(23,24)13-7-8-15(25-4)14(11-13)19-16(22)12-26-17-18-9-10-20(17)3/h7-11H,5-6,12H2,1-4H3,(H,19,22). The average Bonchev–Trinajstić information content (AvgIpc) is 3.05. The van der Waals surface area contributed by atoms with Crippen LogP contribution in [0.25, 0.3) is 0 Å². The molecule has 1 aromatic heterocycles. The van der Waals surface area contributed by atoms with Gasteiger partial charge in [0.1, 0.15) is 5.75 Å². The van der Waals surface area contributed by atoms with Gasteiger partial charge in [-0.1, -0.05) is 25.6 Å². The second-order valence-electron chi connectivity index (χ2n) is 5.61. The molecule has 0 radical (unpaired) electrons. The van der Waals surface area contributed by atoms with Crippen LogP contribution in [0.2, 0.25) is 0 Å². The SMILES string of the molecule is CCN(CC)S(=O)(=O)c1ccc(OC)c(NC(=O)CSc2nccn2C)c1. The fraction of sp³-hybridized carbons (Fsp3) is 0.412. The van der Waals surface area contributed by atoms with Crippen LogP contribution in [0.1, 0.15) is 13.8 Å². The Balaban J connectivity index is 2.20. The lowest BCUT2D eigenvalue weighted by molar-refractivity contribution is -0.113. The van der Waals surface area contributed by atoms with Gasteiger partial charge in [-0.15, -0.1) is 0 Å². The molecule has 0 bridgehead atoms. The molecule has 1 aromatic carbocycles. The summed E-state index contributed by atoms with van der Waals surface area (Å²) in [4.78, 5) is 16.6. The Bertz CT molecular complexity index is 892. The number of aryl methyl sites for hydroxylation is 1. The number of hydrogen-bond donors (Lipinski definition) is 1. The predicted octanol–water partition coefficient (Wildman–Crippen LogP) is 2.19. The molecule has 0 unspecified atom stereocenters. The Morgan fingerprint density at radius 1 is 1.33 bits per heavy atom. The summed E-state index contributed by atoms with van der Waals surface area (Å²) in [7, 11) is -0.320. The third-order valence-electron chi connectivity index (χ3n) is 3.90. The lowest BCUT2D eigenvalue weighted by Crippen LogP contribution is -2.30. The van der Waals surface area contributed by atoms with Crippen LogP contribution in [0, 0.1) is 0 Å². The van der Waals surface area contributed by atoms with E-state index in [1.54, 1.807) is 26.2 Å². The van der Waals surface area contributed by atoms with Gasteiger partial charge in [0.05, 0.1) is 23.4 Å². The molecule has 0 aliphatic heterocycles. The number of amides is 1. The first-order valence-corrected chi connectivity index (χ1v) is 10.8. The summed E-state index contributed by atoms with van der Waals surface area (Å²) in [5.74, 6) is 0.253. The molecular formula is C17H24N4O4S2. The van der Waals surface area contributed by atoms with Gasteiger partial charge in [-0.05, 0) is 18.2 Å². The van der Waals surface area contributed by atoms with Crippen LogP contribution in [-0.4, -0.2) is 54.1 Å². The van der Waals surface area contributed by atoms with Gasteiger partial charge in [-0.3, -0.25) is 4.79 Å². The molecule has 2 aromatic rings. The molecule has 0 aliphatic carbocycles. The maximum Gasteiger partial charge on any atom is 0.243 e. The maximum atomic E-state index is 12.7. The number of nitrogens with one attached hydrogen (secondary N) is 1. The van der Waals surface area contributed by atoms with Gasteiger partial charge in [0, 0.05) is 32.5 Å². The molecule has 0 aliphatic rings. The molecule has 0 saturated heterocycles. The molecule has 0 spiro atoms. The first-order chi connectivity index (χ1) is 12.8. The van der Waals surface area contributed by atoms with Crippen molar-refractivity contribution >= 4 is 33.4 Å². The first kappa shape index (κ1) is 21.3. The molecule has 0 saturated carbocycles. The van der Waals surface area contributed by atoms with Crippen LogP contribution in [0.3, 0.4) is 0 Å². The van der Waals surface area contributed by atoms with E-state index in [0.29, 0.717) is 24.5 Å². The van der Waals surface area contributed by atoms with Gasteiger partial charge in [-0.25, -0.2) is 13.4 Å². The van der Waals surface area contributed by atoms with Crippen molar-refractivity contribution in [1.29, 1.82) is 0 Å². The Kier molecular flexibility index (Phi) is 7.28. The average molecular weight is 413 g/mol. The van der Waals surface area contributed by atoms with E-state index < -0.39 is 10.0 Å². The number of nitrogens with zero attached hydrogens (tertiary/aromatic N) is 3. The number of aromatic nitrogens is 2. The summed E-state index contributed by atoms with van der Waals surface area (Å²) in [6.45, 7) is 4.30. The molecular weight excluding hydrogens is 388 g/mol. The predicted molar refractivity (Wildman–Crippen MR) is 106 cm³/mol. The van der Waals surface area contributed by atoms with E-state index in [-0.39, 0.29) is 16.6 Å². The van der Waals surface area contributed by atoms with Gasteiger partial charge in [-0.2, -0.15) is 4.31 Å². The van der Waals surface area contributed by atoms with Crippen molar-refractivity contribution in [3.63, 3.8) is 0 Å². The minimum Gasteiger partial charge on any atom is -0.495 e. The highest BCUT2D eigenvalue weighted by molar-refractivity contribution is 7.99. The quantitative estimate of drug-likeness (QED) is 0.635. The van der Waals surface area contributed by atoms with Crippen LogP contribution in [-0.2, 0) is 21.9 Å². The number of hydrogen-bond acceptors (Lipinski definition) is 6. The van der Waals surface area contributed by atoms with Crippen molar-refractivity contribution in [2.75, 3.05) is 31.3 Å². The van der Waals surface area contributed by atoms with E-state index in [1.165, 1.54) is 41.4 Å². The van der Waals surface area contributed by atoms with E-state index in [2.05, 4.69) is 10.3 Å². The van der Waals surface area contributed by atoms with Crippen molar-refractivity contribution < 1.29 is 17.9 Å².